The first-order chi connectivity index (χ1) is 25.3. The Bertz CT molecular complexity index is 3120. The molecule has 0 spiro atoms. The summed E-state index contributed by atoms with van der Waals surface area (Å²) in [5.74, 6) is 1.73. The summed E-state index contributed by atoms with van der Waals surface area (Å²) in [5.41, 5.74) is 7.28. The van der Waals surface area contributed by atoms with E-state index >= 15 is 0 Å². The fourth-order valence-corrected chi connectivity index (χ4v) is 7.50. The van der Waals surface area contributed by atoms with Gasteiger partial charge >= 0.3 is 6.01 Å². The third-order valence-electron chi connectivity index (χ3n) is 9.81. The molecule has 0 N–H and O–H groups in total. The Kier molecular flexibility index (Phi) is 5.83. The number of hydrogen-bond donors (Lipinski definition) is 0. The Morgan fingerprint density at radius 1 is 0.412 bits per heavy atom. The highest BCUT2D eigenvalue weighted by atomic mass is 16.4. The van der Waals surface area contributed by atoms with E-state index in [2.05, 4.69) is 112 Å². The molecule has 0 amide bonds. The fourth-order valence-electron chi connectivity index (χ4n) is 7.50. The first-order valence-corrected chi connectivity index (χ1v) is 16.9. The normalized spacial score (nSPS) is 11.9. The Hall–Kier alpha value is -7.12. The van der Waals surface area contributed by atoms with E-state index in [0.29, 0.717) is 23.6 Å². The highest BCUT2D eigenvalue weighted by Crippen LogP contribution is 2.41. The first kappa shape index (κ1) is 27.8. The molecule has 7 heteroatoms. The predicted molar refractivity (Wildman–Crippen MR) is 204 cm³/mol. The minimum absolute atomic E-state index is 0.504. The van der Waals surface area contributed by atoms with E-state index in [0.717, 1.165) is 76.6 Å². The summed E-state index contributed by atoms with van der Waals surface area (Å²) in [6, 6.07) is 54.5. The van der Waals surface area contributed by atoms with Crippen LogP contribution in [0.4, 0.5) is 0 Å². The zero-order valence-electron chi connectivity index (χ0n) is 27.1. The van der Waals surface area contributed by atoms with E-state index in [-0.39, 0.29) is 0 Å². The van der Waals surface area contributed by atoms with Crippen LogP contribution >= 0.6 is 0 Å². The van der Waals surface area contributed by atoms with Crippen LogP contribution in [0.2, 0.25) is 0 Å². The van der Waals surface area contributed by atoms with Gasteiger partial charge in [-0.05, 0) is 41.1 Å². The number of para-hydroxylation sites is 4. The van der Waals surface area contributed by atoms with Gasteiger partial charge in [0.05, 0.1) is 22.1 Å². The van der Waals surface area contributed by atoms with Gasteiger partial charge in [0.2, 0.25) is 5.95 Å². The van der Waals surface area contributed by atoms with Crippen molar-refractivity contribution in [3.05, 3.63) is 158 Å². The zero-order chi connectivity index (χ0) is 33.5. The van der Waals surface area contributed by atoms with Crippen LogP contribution in [0.3, 0.4) is 0 Å². The number of rotatable bonds is 4. The van der Waals surface area contributed by atoms with Crippen molar-refractivity contribution < 1.29 is 4.42 Å². The van der Waals surface area contributed by atoms with Gasteiger partial charge in [-0.1, -0.05) is 127 Å². The van der Waals surface area contributed by atoms with Crippen molar-refractivity contribution in [2.75, 3.05) is 0 Å². The summed E-state index contributed by atoms with van der Waals surface area (Å²) in [6.07, 6.45) is 0. The van der Waals surface area contributed by atoms with Crippen molar-refractivity contribution in [2.45, 2.75) is 0 Å². The second-order valence-electron chi connectivity index (χ2n) is 12.7. The molecule has 0 unspecified atom stereocenters. The van der Waals surface area contributed by atoms with Crippen LogP contribution in [-0.2, 0) is 0 Å². The van der Waals surface area contributed by atoms with E-state index in [1.54, 1.807) is 0 Å². The predicted octanol–water partition coefficient (Wildman–Crippen LogP) is 10.7. The van der Waals surface area contributed by atoms with E-state index in [9.17, 15) is 0 Å². The van der Waals surface area contributed by atoms with Crippen molar-refractivity contribution in [1.82, 2.24) is 29.1 Å². The lowest BCUT2D eigenvalue weighted by atomic mass is 10.1. The quantitative estimate of drug-likeness (QED) is 0.189. The Morgan fingerprint density at radius 2 is 1.02 bits per heavy atom. The molecule has 4 aromatic heterocycles. The minimum Gasteiger partial charge on any atom is -0.423 e. The summed E-state index contributed by atoms with van der Waals surface area (Å²) in [6.45, 7) is 0. The summed E-state index contributed by atoms with van der Waals surface area (Å²) in [7, 11) is 0. The molecule has 4 heterocycles. The van der Waals surface area contributed by atoms with Gasteiger partial charge in [0.1, 0.15) is 5.52 Å². The van der Waals surface area contributed by atoms with Gasteiger partial charge in [0, 0.05) is 32.7 Å². The van der Waals surface area contributed by atoms with Crippen LogP contribution in [-0.4, -0.2) is 29.1 Å². The molecule has 11 aromatic rings. The van der Waals surface area contributed by atoms with Crippen molar-refractivity contribution in [3.63, 3.8) is 0 Å². The lowest BCUT2D eigenvalue weighted by molar-refractivity contribution is 0.574. The van der Waals surface area contributed by atoms with Crippen molar-refractivity contribution >= 4 is 65.5 Å². The van der Waals surface area contributed by atoms with Gasteiger partial charge in [0.25, 0.3) is 0 Å². The molecule has 0 saturated carbocycles. The number of aromatic nitrogens is 6. The Balaban J connectivity index is 1.29. The van der Waals surface area contributed by atoms with Crippen LogP contribution in [0.15, 0.2) is 162 Å². The van der Waals surface area contributed by atoms with Gasteiger partial charge in [0.15, 0.2) is 17.2 Å². The number of nitrogens with zero attached hydrogens (tertiary/aromatic N) is 6. The molecule has 0 fully saturated rings. The lowest BCUT2D eigenvalue weighted by Crippen LogP contribution is -2.07. The van der Waals surface area contributed by atoms with Gasteiger partial charge in [-0.15, -0.1) is 0 Å². The molecule has 0 aliphatic heterocycles. The van der Waals surface area contributed by atoms with Crippen LogP contribution in [0.5, 0.6) is 0 Å². The monoisotopic (exact) mass is 654 g/mol. The summed E-state index contributed by atoms with van der Waals surface area (Å²) in [4.78, 5) is 20.6. The molecular formula is C44H26N6O. The van der Waals surface area contributed by atoms with Crippen molar-refractivity contribution in [3.8, 4) is 34.7 Å². The fraction of sp³-hybridized carbons (Fsp3) is 0. The zero-order valence-corrected chi connectivity index (χ0v) is 27.1. The van der Waals surface area contributed by atoms with E-state index < -0.39 is 0 Å². The molecule has 0 radical (unpaired) electrons. The number of fused-ring (bicyclic) bond motifs is 9. The van der Waals surface area contributed by atoms with Gasteiger partial charge < -0.3 is 4.42 Å². The number of oxazole rings is 1. The van der Waals surface area contributed by atoms with E-state index in [1.165, 1.54) is 0 Å². The standard InChI is InChI=1S/C44H26N6O/c1-2-13-28(14-3-1)41-46-42(30-23-22-27-12-4-5-15-29(27)26-30)48-43(47-41)49-36-19-9-6-16-31(36)33-24-25-34-32-17-7-10-20-37(32)50(40(34)39(33)49)44-45-35-18-8-11-21-38(35)51-44/h1-26H. The van der Waals surface area contributed by atoms with Gasteiger partial charge in [-0.3, -0.25) is 9.13 Å². The average molecular weight is 655 g/mol. The summed E-state index contributed by atoms with van der Waals surface area (Å²) < 4.78 is 10.8. The van der Waals surface area contributed by atoms with E-state index in [1.807, 2.05) is 54.6 Å². The lowest BCUT2D eigenvalue weighted by Gasteiger charge is -2.12. The summed E-state index contributed by atoms with van der Waals surface area (Å²) >= 11 is 0. The average Bonchev–Trinajstić information content (AvgIpc) is 3.88. The largest absolute Gasteiger partial charge is 0.423 e. The SMILES string of the molecule is c1ccc(-c2nc(-c3ccc4ccccc4c3)nc(-n3c4ccccc4c4ccc5c6ccccc6n(-c6nc7ccccc7o6)c5c43)n2)cc1. The molecule has 0 saturated heterocycles. The van der Waals surface area contributed by atoms with Crippen LogP contribution in [0.25, 0.3) is 100 Å². The molecule has 238 valence electrons. The highest BCUT2D eigenvalue weighted by molar-refractivity contribution is 6.23. The highest BCUT2D eigenvalue weighted by Gasteiger charge is 2.25. The van der Waals surface area contributed by atoms with Crippen molar-refractivity contribution in [1.29, 1.82) is 0 Å². The van der Waals surface area contributed by atoms with Gasteiger partial charge in [-0.2, -0.15) is 15.0 Å². The van der Waals surface area contributed by atoms with Crippen molar-refractivity contribution in [2.24, 2.45) is 0 Å². The second-order valence-corrected chi connectivity index (χ2v) is 12.7. The molecule has 0 aliphatic carbocycles. The second kappa shape index (κ2) is 10.7. The maximum atomic E-state index is 6.49. The minimum atomic E-state index is 0.504. The smallest absolute Gasteiger partial charge is 0.307 e. The molecule has 0 atom stereocenters. The number of benzene rings is 7. The maximum absolute atomic E-state index is 6.49. The maximum Gasteiger partial charge on any atom is 0.307 e. The summed E-state index contributed by atoms with van der Waals surface area (Å²) in [5, 5.41) is 6.64. The Labute approximate surface area is 290 Å². The molecule has 0 bridgehead atoms. The molecular weight excluding hydrogens is 629 g/mol. The molecule has 7 aromatic carbocycles. The first-order valence-electron chi connectivity index (χ1n) is 16.9. The Morgan fingerprint density at radius 3 is 1.78 bits per heavy atom. The molecule has 11 rings (SSSR count). The molecule has 51 heavy (non-hydrogen) atoms. The van der Waals surface area contributed by atoms with Crippen LogP contribution in [0, 0.1) is 0 Å². The third-order valence-corrected chi connectivity index (χ3v) is 9.81. The molecule has 7 nitrogen and oxygen atoms in total. The third kappa shape index (κ3) is 4.18. The van der Waals surface area contributed by atoms with Crippen LogP contribution in [0.1, 0.15) is 0 Å². The van der Waals surface area contributed by atoms with Gasteiger partial charge in [-0.25, -0.2) is 4.98 Å². The number of hydrogen-bond acceptors (Lipinski definition) is 5. The topological polar surface area (TPSA) is 74.6 Å². The van der Waals surface area contributed by atoms with Crippen LogP contribution < -0.4 is 0 Å². The van der Waals surface area contributed by atoms with E-state index in [4.69, 9.17) is 24.4 Å². The molecule has 0 aliphatic rings.